The predicted octanol–water partition coefficient (Wildman–Crippen LogP) is 5.21. The van der Waals surface area contributed by atoms with Crippen LogP contribution in [0.1, 0.15) is 24.1 Å². The van der Waals surface area contributed by atoms with Gasteiger partial charge < -0.3 is 5.32 Å². The van der Waals surface area contributed by atoms with E-state index in [0.29, 0.717) is 5.82 Å². The number of rotatable bonds is 6. The van der Waals surface area contributed by atoms with Gasteiger partial charge in [-0.15, -0.1) is 0 Å². The molecule has 1 aromatic carbocycles. The van der Waals surface area contributed by atoms with Crippen molar-refractivity contribution in [1.82, 2.24) is 24.8 Å². The third kappa shape index (κ3) is 4.91. The van der Waals surface area contributed by atoms with Gasteiger partial charge in [-0.2, -0.15) is 0 Å². The maximum Gasteiger partial charge on any atom is 0.180 e. The molecule has 1 saturated heterocycles. The maximum absolute atomic E-state index is 4.82. The van der Waals surface area contributed by atoms with Gasteiger partial charge in [-0.05, 0) is 68.2 Å². The molecular weight excluding hydrogens is 408 g/mol. The van der Waals surface area contributed by atoms with Crippen LogP contribution in [0, 0.1) is 6.92 Å². The topological polar surface area (TPSA) is 66.8 Å². The second kappa shape index (κ2) is 9.46. The van der Waals surface area contributed by atoms with Crippen LogP contribution in [0.15, 0.2) is 67.0 Å². The first kappa shape index (κ1) is 21.2. The number of aromatic nitrogens is 4. The summed E-state index contributed by atoms with van der Waals surface area (Å²) in [5.41, 5.74) is 7.05. The normalized spacial score (nSPS) is 13.9. The molecule has 0 unspecified atom stereocenters. The molecule has 0 amide bonds. The highest BCUT2D eigenvalue weighted by molar-refractivity contribution is 5.72. The SMILES string of the molecule is CNc1cc(-c2cncc(-c3cccc(CN4CCCC4)c3)c2)nc(-c2cccc(C)n2)n1. The summed E-state index contributed by atoms with van der Waals surface area (Å²) in [6.07, 6.45) is 6.38. The molecule has 1 N–H and O–H groups in total. The van der Waals surface area contributed by atoms with E-state index in [4.69, 9.17) is 4.98 Å². The molecule has 0 atom stereocenters. The number of benzene rings is 1. The highest BCUT2D eigenvalue weighted by atomic mass is 15.1. The van der Waals surface area contributed by atoms with Gasteiger partial charge in [-0.25, -0.2) is 15.0 Å². The first-order valence-electron chi connectivity index (χ1n) is 11.5. The average molecular weight is 437 g/mol. The fourth-order valence-corrected chi connectivity index (χ4v) is 4.29. The van der Waals surface area contributed by atoms with E-state index >= 15 is 0 Å². The minimum Gasteiger partial charge on any atom is -0.373 e. The van der Waals surface area contributed by atoms with Crippen LogP contribution in [0.25, 0.3) is 33.9 Å². The molecule has 1 fully saturated rings. The second-order valence-corrected chi connectivity index (χ2v) is 8.52. The van der Waals surface area contributed by atoms with Crippen LogP contribution in [0.3, 0.4) is 0 Å². The molecule has 0 bridgehead atoms. The number of pyridine rings is 2. The summed E-state index contributed by atoms with van der Waals surface area (Å²) in [6, 6.07) is 18.8. The van der Waals surface area contributed by atoms with E-state index in [-0.39, 0.29) is 0 Å². The molecule has 4 heterocycles. The Hall–Kier alpha value is -3.64. The minimum absolute atomic E-state index is 0.596. The quantitative estimate of drug-likeness (QED) is 0.447. The van der Waals surface area contributed by atoms with E-state index in [1.165, 1.54) is 37.1 Å². The van der Waals surface area contributed by atoms with Crippen molar-refractivity contribution in [3.05, 3.63) is 78.2 Å². The molecule has 0 spiro atoms. The van der Waals surface area contributed by atoms with Gasteiger partial charge in [0.1, 0.15) is 11.5 Å². The van der Waals surface area contributed by atoms with Crippen molar-refractivity contribution in [2.24, 2.45) is 0 Å². The lowest BCUT2D eigenvalue weighted by Crippen LogP contribution is -2.18. The molecule has 6 nitrogen and oxygen atoms in total. The van der Waals surface area contributed by atoms with Gasteiger partial charge in [0.25, 0.3) is 0 Å². The number of aryl methyl sites for hydroxylation is 1. The molecule has 3 aromatic heterocycles. The monoisotopic (exact) mass is 436 g/mol. The van der Waals surface area contributed by atoms with Crippen LogP contribution < -0.4 is 5.32 Å². The standard InChI is InChI=1S/C27H28N6/c1-19-7-5-10-24(30-19)27-31-25(15-26(28-2)32-27)23-14-22(16-29-17-23)21-9-6-8-20(13-21)18-33-11-3-4-12-33/h5-10,13-17H,3-4,11-12,18H2,1-2H3,(H,28,31,32). The summed E-state index contributed by atoms with van der Waals surface area (Å²) >= 11 is 0. The van der Waals surface area contributed by atoms with Crippen molar-refractivity contribution in [1.29, 1.82) is 0 Å². The number of anilines is 1. The lowest BCUT2D eigenvalue weighted by Gasteiger charge is -2.15. The maximum atomic E-state index is 4.82. The first-order chi connectivity index (χ1) is 16.2. The van der Waals surface area contributed by atoms with Crippen LogP contribution in [0.4, 0.5) is 5.82 Å². The largest absolute Gasteiger partial charge is 0.373 e. The molecule has 6 heteroatoms. The number of likely N-dealkylation sites (tertiary alicyclic amines) is 1. The van der Waals surface area contributed by atoms with E-state index in [2.05, 4.69) is 55.5 Å². The molecular formula is C27H28N6. The minimum atomic E-state index is 0.596. The Kier molecular flexibility index (Phi) is 6.09. The van der Waals surface area contributed by atoms with Gasteiger partial charge in [0.15, 0.2) is 5.82 Å². The Bertz CT molecular complexity index is 1260. The highest BCUT2D eigenvalue weighted by Crippen LogP contribution is 2.28. The van der Waals surface area contributed by atoms with Crippen LogP contribution in [-0.4, -0.2) is 45.0 Å². The lowest BCUT2D eigenvalue weighted by atomic mass is 10.0. The van der Waals surface area contributed by atoms with Gasteiger partial charge in [0.05, 0.1) is 5.69 Å². The van der Waals surface area contributed by atoms with Crippen molar-refractivity contribution in [2.75, 3.05) is 25.5 Å². The zero-order chi connectivity index (χ0) is 22.6. The Labute approximate surface area is 194 Å². The van der Waals surface area contributed by atoms with Crippen molar-refractivity contribution >= 4 is 5.82 Å². The fraction of sp³-hybridized carbons (Fsp3) is 0.259. The first-order valence-corrected chi connectivity index (χ1v) is 11.5. The summed E-state index contributed by atoms with van der Waals surface area (Å²) in [5, 5.41) is 3.15. The molecule has 166 valence electrons. The third-order valence-corrected chi connectivity index (χ3v) is 6.00. The van der Waals surface area contributed by atoms with Crippen molar-refractivity contribution in [3.63, 3.8) is 0 Å². The molecule has 0 saturated carbocycles. The summed E-state index contributed by atoms with van der Waals surface area (Å²) in [7, 11) is 1.86. The van der Waals surface area contributed by atoms with E-state index < -0.39 is 0 Å². The summed E-state index contributed by atoms with van der Waals surface area (Å²) < 4.78 is 0. The lowest BCUT2D eigenvalue weighted by molar-refractivity contribution is 0.331. The van der Waals surface area contributed by atoms with Crippen LogP contribution in [0.5, 0.6) is 0 Å². The number of hydrogen-bond donors (Lipinski definition) is 1. The van der Waals surface area contributed by atoms with Crippen molar-refractivity contribution in [2.45, 2.75) is 26.3 Å². The van der Waals surface area contributed by atoms with E-state index in [1.54, 1.807) is 0 Å². The molecule has 0 aliphatic carbocycles. The highest BCUT2D eigenvalue weighted by Gasteiger charge is 2.13. The number of nitrogens with zero attached hydrogens (tertiary/aromatic N) is 5. The Balaban J connectivity index is 1.49. The molecule has 33 heavy (non-hydrogen) atoms. The Morgan fingerprint density at radius 3 is 2.45 bits per heavy atom. The van der Waals surface area contributed by atoms with E-state index in [9.17, 15) is 0 Å². The van der Waals surface area contributed by atoms with Crippen molar-refractivity contribution < 1.29 is 0 Å². The average Bonchev–Trinajstić information content (AvgIpc) is 3.37. The smallest absolute Gasteiger partial charge is 0.180 e. The second-order valence-electron chi connectivity index (χ2n) is 8.52. The van der Waals surface area contributed by atoms with Gasteiger partial charge >= 0.3 is 0 Å². The zero-order valence-electron chi connectivity index (χ0n) is 19.1. The Morgan fingerprint density at radius 2 is 1.64 bits per heavy atom. The van der Waals surface area contributed by atoms with Crippen molar-refractivity contribution in [3.8, 4) is 33.9 Å². The summed E-state index contributed by atoms with van der Waals surface area (Å²) in [6.45, 7) is 5.37. The van der Waals surface area contributed by atoms with E-state index in [1.807, 2.05) is 50.6 Å². The number of nitrogens with one attached hydrogen (secondary N) is 1. The predicted molar refractivity (Wildman–Crippen MR) is 133 cm³/mol. The molecule has 4 aromatic rings. The van der Waals surface area contributed by atoms with Gasteiger partial charge in [0, 0.05) is 48.9 Å². The molecule has 5 rings (SSSR count). The van der Waals surface area contributed by atoms with Crippen LogP contribution in [-0.2, 0) is 6.54 Å². The number of hydrogen-bond acceptors (Lipinski definition) is 6. The van der Waals surface area contributed by atoms with Crippen LogP contribution >= 0.6 is 0 Å². The van der Waals surface area contributed by atoms with Gasteiger partial charge in [-0.1, -0.05) is 24.3 Å². The molecule has 1 aliphatic rings. The van der Waals surface area contributed by atoms with Gasteiger partial charge in [0.2, 0.25) is 0 Å². The summed E-state index contributed by atoms with van der Waals surface area (Å²) in [4.78, 5) is 21.1. The Morgan fingerprint density at radius 1 is 0.818 bits per heavy atom. The zero-order valence-corrected chi connectivity index (χ0v) is 19.1. The van der Waals surface area contributed by atoms with Gasteiger partial charge in [-0.3, -0.25) is 9.88 Å². The fourth-order valence-electron chi connectivity index (χ4n) is 4.29. The molecule has 1 aliphatic heterocycles. The third-order valence-electron chi connectivity index (χ3n) is 6.00. The summed E-state index contributed by atoms with van der Waals surface area (Å²) in [5.74, 6) is 1.34. The van der Waals surface area contributed by atoms with Crippen LogP contribution in [0.2, 0.25) is 0 Å². The van der Waals surface area contributed by atoms with E-state index in [0.717, 1.165) is 40.6 Å². The molecule has 0 radical (unpaired) electrons.